The van der Waals surface area contributed by atoms with Gasteiger partial charge < -0.3 is 9.47 Å². The average Bonchev–Trinajstić information content (AvgIpc) is 2.41. The van der Waals surface area contributed by atoms with E-state index in [1.54, 1.807) is 0 Å². The molecule has 0 saturated carbocycles. The molecule has 1 heterocycles. The van der Waals surface area contributed by atoms with E-state index in [9.17, 15) is 0 Å². The molecule has 1 aliphatic rings. The molecule has 0 aromatic heterocycles. The normalized spacial score (nSPS) is 14.7. The zero-order valence-corrected chi connectivity index (χ0v) is 6.17. The van der Waals surface area contributed by atoms with Gasteiger partial charge in [-0.1, -0.05) is 13.3 Å². The molecule has 0 aromatic carbocycles. The number of rotatable bonds is 3. The van der Waals surface area contributed by atoms with Gasteiger partial charge in [0.15, 0.2) is 0 Å². The first kappa shape index (κ1) is 7.19. The lowest BCUT2D eigenvalue weighted by atomic mass is 10.2. The molecule has 0 saturated heterocycles. The van der Waals surface area contributed by atoms with Gasteiger partial charge in [-0.05, 0) is 18.9 Å². The smallest absolute Gasteiger partial charge is 0.285 e. The minimum atomic E-state index is 0.619. The van der Waals surface area contributed by atoms with E-state index in [2.05, 4.69) is 6.92 Å². The maximum atomic E-state index is 4.96. The molecule has 0 unspecified atom stereocenters. The Balaban J connectivity index is 2.14. The van der Waals surface area contributed by atoms with Crippen LogP contribution in [0.15, 0.2) is 24.5 Å². The first-order valence-corrected chi connectivity index (χ1v) is 3.62. The third-order valence-electron chi connectivity index (χ3n) is 1.29. The van der Waals surface area contributed by atoms with Gasteiger partial charge in [-0.15, -0.1) is 0 Å². The van der Waals surface area contributed by atoms with Crippen molar-refractivity contribution >= 4 is 0 Å². The van der Waals surface area contributed by atoms with Gasteiger partial charge >= 0.3 is 0 Å². The van der Waals surface area contributed by atoms with Crippen molar-refractivity contribution in [1.29, 1.82) is 0 Å². The van der Waals surface area contributed by atoms with E-state index in [4.69, 9.17) is 9.47 Å². The molecule has 0 aliphatic carbocycles. The van der Waals surface area contributed by atoms with Crippen LogP contribution in [-0.2, 0) is 9.47 Å². The summed E-state index contributed by atoms with van der Waals surface area (Å²) in [5.74, 6) is 0.619. The van der Waals surface area contributed by atoms with Crippen LogP contribution in [0.25, 0.3) is 0 Å². The van der Waals surface area contributed by atoms with Gasteiger partial charge in [0.1, 0.15) is 12.5 Å². The quantitative estimate of drug-likeness (QED) is 0.561. The second kappa shape index (κ2) is 3.99. The van der Waals surface area contributed by atoms with E-state index in [1.807, 2.05) is 6.08 Å². The third kappa shape index (κ3) is 2.13. The number of hydrogen-bond donors (Lipinski definition) is 0. The predicted octanol–water partition coefficient (Wildman–Crippen LogP) is 2.54. The molecular formula is C8H12O2. The molecule has 0 radical (unpaired) electrons. The van der Waals surface area contributed by atoms with Gasteiger partial charge in [0.25, 0.3) is 5.95 Å². The summed E-state index contributed by atoms with van der Waals surface area (Å²) in [6, 6.07) is 0. The van der Waals surface area contributed by atoms with Crippen molar-refractivity contribution < 1.29 is 9.47 Å². The summed E-state index contributed by atoms with van der Waals surface area (Å²) in [5.41, 5.74) is 0. The molecule has 0 N–H and O–H groups in total. The average molecular weight is 140 g/mol. The zero-order valence-electron chi connectivity index (χ0n) is 6.17. The highest BCUT2D eigenvalue weighted by atomic mass is 16.7. The Hall–Kier alpha value is -0.920. The summed E-state index contributed by atoms with van der Waals surface area (Å²) in [4.78, 5) is 0. The molecule has 1 rings (SSSR count). The summed E-state index contributed by atoms with van der Waals surface area (Å²) in [7, 11) is 0. The standard InChI is InChI=1S/C8H12O2/c1-2-3-4-5-8-9-6-7-10-8/h5-7H,2-4H2,1H3. The van der Waals surface area contributed by atoms with Crippen molar-refractivity contribution in [1.82, 2.24) is 0 Å². The zero-order chi connectivity index (χ0) is 7.23. The van der Waals surface area contributed by atoms with E-state index < -0.39 is 0 Å². The van der Waals surface area contributed by atoms with Crippen LogP contribution >= 0.6 is 0 Å². The van der Waals surface area contributed by atoms with Crippen molar-refractivity contribution in [3.8, 4) is 0 Å². The van der Waals surface area contributed by atoms with E-state index in [0.29, 0.717) is 5.95 Å². The van der Waals surface area contributed by atoms with E-state index >= 15 is 0 Å². The molecule has 0 amide bonds. The number of hydrogen-bond acceptors (Lipinski definition) is 2. The minimum absolute atomic E-state index is 0.619. The maximum absolute atomic E-state index is 4.96. The Morgan fingerprint density at radius 3 is 2.70 bits per heavy atom. The van der Waals surface area contributed by atoms with E-state index in [1.165, 1.54) is 25.4 Å². The molecular weight excluding hydrogens is 128 g/mol. The largest absolute Gasteiger partial charge is 0.431 e. The first-order valence-electron chi connectivity index (χ1n) is 3.62. The molecule has 0 aromatic rings. The highest BCUT2D eigenvalue weighted by Gasteiger charge is 1.99. The lowest BCUT2D eigenvalue weighted by Gasteiger charge is -1.95. The second-order valence-corrected chi connectivity index (χ2v) is 2.17. The molecule has 2 heteroatoms. The first-order chi connectivity index (χ1) is 4.93. The van der Waals surface area contributed by atoms with Crippen LogP contribution in [0.5, 0.6) is 0 Å². The van der Waals surface area contributed by atoms with Crippen molar-refractivity contribution in [3.63, 3.8) is 0 Å². The number of unbranched alkanes of at least 4 members (excludes halogenated alkanes) is 2. The van der Waals surface area contributed by atoms with Crippen molar-refractivity contribution in [2.75, 3.05) is 0 Å². The van der Waals surface area contributed by atoms with Gasteiger partial charge in [0.2, 0.25) is 0 Å². The topological polar surface area (TPSA) is 18.5 Å². The fourth-order valence-electron chi connectivity index (χ4n) is 0.738. The van der Waals surface area contributed by atoms with Crippen molar-refractivity contribution in [2.45, 2.75) is 26.2 Å². The van der Waals surface area contributed by atoms with Gasteiger partial charge in [-0.2, -0.15) is 0 Å². The van der Waals surface area contributed by atoms with Crippen LogP contribution in [0.1, 0.15) is 26.2 Å². The van der Waals surface area contributed by atoms with Crippen LogP contribution < -0.4 is 0 Å². The molecule has 56 valence electrons. The highest BCUT2D eigenvalue weighted by Crippen LogP contribution is 2.10. The summed E-state index contributed by atoms with van der Waals surface area (Å²) in [5, 5.41) is 0. The molecule has 1 aliphatic heterocycles. The van der Waals surface area contributed by atoms with Gasteiger partial charge in [-0.25, -0.2) is 0 Å². The SMILES string of the molecule is CCCCC=C1OC=CO1. The third-order valence-corrected chi connectivity index (χ3v) is 1.29. The minimum Gasteiger partial charge on any atom is -0.431 e. The molecule has 0 fully saturated rings. The molecule has 0 spiro atoms. The Morgan fingerprint density at radius 2 is 2.10 bits per heavy atom. The van der Waals surface area contributed by atoms with Crippen LogP contribution in [0.4, 0.5) is 0 Å². The lowest BCUT2D eigenvalue weighted by Crippen LogP contribution is -1.79. The fourth-order valence-corrected chi connectivity index (χ4v) is 0.738. The molecule has 0 atom stereocenters. The van der Waals surface area contributed by atoms with Crippen LogP contribution in [0.2, 0.25) is 0 Å². The van der Waals surface area contributed by atoms with Crippen LogP contribution in [0, 0.1) is 0 Å². The summed E-state index contributed by atoms with van der Waals surface area (Å²) in [6.45, 7) is 2.16. The van der Waals surface area contributed by atoms with Crippen LogP contribution in [0.3, 0.4) is 0 Å². The predicted molar refractivity (Wildman–Crippen MR) is 38.9 cm³/mol. The highest BCUT2D eigenvalue weighted by molar-refractivity contribution is 4.92. The Kier molecular flexibility index (Phi) is 2.87. The van der Waals surface area contributed by atoms with Gasteiger partial charge in [0, 0.05) is 0 Å². The number of allylic oxidation sites excluding steroid dienone is 1. The second-order valence-electron chi connectivity index (χ2n) is 2.17. The molecule has 0 bridgehead atoms. The van der Waals surface area contributed by atoms with Crippen molar-refractivity contribution in [3.05, 3.63) is 24.5 Å². The Bertz CT molecular complexity index is 137. The Morgan fingerprint density at radius 1 is 1.40 bits per heavy atom. The van der Waals surface area contributed by atoms with Crippen LogP contribution in [-0.4, -0.2) is 0 Å². The number of ether oxygens (including phenoxy) is 2. The fraction of sp³-hybridized carbons (Fsp3) is 0.500. The van der Waals surface area contributed by atoms with E-state index in [-0.39, 0.29) is 0 Å². The maximum Gasteiger partial charge on any atom is 0.285 e. The van der Waals surface area contributed by atoms with E-state index in [0.717, 1.165) is 6.42 Å². The Labute approximate surface area is 61.1 Å². The molecule has 10 heavy (non-hydrogen) atoms. The molecule has 2 nitrogen and oxygen atoms in total. The lowest BCUT2D eigenvalue weighted by molar-refractivity contribution is 0.199. The van der Waals surface area contributed by atoms with Crippen molar-refractivity contribution in [2.24, 2.45) is 0 Å². The monoisotopic (exact) mass is 140 g/mol. The van der Waals surface area contributed by atoms with Gasteiger partial charge in [0.05, 0.1) is 0 Å². The summed E-state index contributed by atoms with van der Waals surface area (Å²) < 4.78 is 9.92. The van der Waals surface area contributed by atoms with Gasteiger partial charge in [-0.3, -0.25) is 0 Å². The summed E-state index contributed by atoms with van der Waals surface area (Å²) >= 11 is 0. The summed E-state index contributed by atoms with van der Waals surface area (Å²) in [6.07, 6.45) is 8.47.